The van der Waals surface area contributed by atoms with Crippen molar-refractivity contribution in [2.75, 3.05) is 0 Å². The molecule has 3 aromatic rings. The molecule has 1 aromatic heterocycles. The van der Waals surface area contributed by atoms with Crippen molar-refractivity contribution in [1.29, 1.82) is 0 Å². The van der Waals surface area contributed by atoms with Crippen molar-refractivity contribution in [3.8, 4) is 5.75 Å². The first kappa shape index (κ1) is 26.8. The summed E-state index contributed by atoms with van der Waals surface area (Å²) in [5.41, 5.74) is 3.22. The van der Waals surface area contributed by atoms with Gasteiger partial charge in [0.2, 0.25) is 6.08 Å². The molecule has 0 saturated heterocycles. The Morgan fingerprint density at radius 3 is 1.69 bits per heavy atom. The molecule has 0 fully saturated rings. The van der Waals surface area contributed by atoms with E-state index in [9.17, 15) is 9.90 Å². The number of hydrogen-bond acceptors (Lipinski definition) is 4. The van der Waals surface area contributed by atoms with Crippen molar-refractivity contribution in [3.05, 3.63) is 95.8 Å². The maximum atomic E-state index is 10.2. The molecule has 1 N–H and O–H groups in total. The van der Waals surface area contributed by atoms with Gasteiger partial charge in [-0.1, -0.05) is 82.3 Å². The van der Waals surface area contributed by atoms with Crippen LogP contribution in [-0.4, -0.2) is 16.2 Å². The number of pyridine rings is 1. The van der Waals surface area contributed by atoms with Crippen LogP contribution in [0.15, 0.2) is 84.1 Å². The fourth-order valence-electron chi connectivity index (χ4n) is 3.01. The minimum Gasteiger partial charge on any atom is -0.507 e. The second-order valence-corrected chi connectivity index (χ2v) is 7.74. The second kappa shape index (κ2) is 15.6. The van der Waals surface area contributed by atoms with Crippen molar-refractivity contribution >= 4 is 6.08 Å². The first-order valence-electron chi connectivity index (χ1n) is 11.2. The number of para-hydroxylation sites is 1. The van der Waals surface area contributed by atoms with E-state index in [0.29, 0.717) is 17.6 Å². The van der Waals surface area contributed by atoms with Crippen LogP contribution in [0.2, 0.25) is 0 Å². The standard InChI is InChI=1S/C14H22O.C9H9NO.C5H5N/c1-5-10(3)12-8-7-9-13(14(12)15)11(4)6-2;1-8(10-7-11)9-5-3-2-4-6-9;1-2-4-6-5-3-1/h7-11,15H,5-6H2,1-4H3;2-6,8H,1H3;1-5H/t;8-;/m.1./s1. The summed E-state index contributed by atoms with van der Waals surface area (Å²) in [5, 5.41) is 10.2. The van der Waals surface area contributed by atoms with Crippen LogP contribution in [0.25, 0.3) is 0 Å². The first-order chi connectivity index (χ1) is 15.5. The highest BCUT2D eigenvalue weighted by atomic mass is 16.3. The number of benzene rings is 2. The molecular weight excluding hydrogens is 396 g/mol. The van der Waals surface area contributed by atoms with Gasteiger partial charge < -0.3 is 5.11 Å². The smallest absolute Gasteiger partial charge is 0.235 e. The molecule has 0 amide bonds. The molecule has 4 nitrogen and oxygen atoms in total. The molecule has 32 heavy (non-hydrogen) atoms. The van der Waals surface area contributed by atoms with Gasteiger partial charge in [0.25, 0.3) is 0 Å². The van der Waals surface area contributed by atoms with E-state index in [0.717, 1.165) is 29.5 Å². The van der Waals surface area contributed by atoms with Gasteiger partial charge in [-0.15, -0.1) is 0 Å². The molecular formula is C28H36N2O2. The number of phenols is 1. The molecule has 0 bridgehead atoms. The SMILES string of the molecule is CCC(C)c1cccc(C(C)CC)c1O.C[C@@H](N=C=O)c1ccccc1.c1ccncc1. The van der Waals surface area contributed by atoms with Crippen LogP contribution in [0.3, 0.4) is 0 Å². The van der Waals surface area contributed by atoms with E-state index in [1.807, 2.05) is 67.6 Å². The van der Waals surface area contributed by atoms with Crippen LogP contribution in [0.4, 0.5) is 0 Å². The monoisotopic (exact) mass is 432 g/mol. The molecule has 4 heteroatoms. The second-order valence-electron chi connectivity index (χ2n) is 7.74. The average Bonchev–Trinajstić information content (AvgIpc) is 2.86. The highest BCUT2D eigenvalue weighted by Gasteiger charge is 2.14. The van der Waals surface area contributed by atoms with Crippen LogP contribution < -0.4 is 0 Å². The summed E-state index contributed by atoms with van der Waals surface area (Å²) < 4.78 is 0. The van der Waals surface area contributed by atoms with Gasteiger partial charge in [0.05, 0.1) is 6.04 Å². The third-order valence-corrected chi connectivity index (χ3v) is 5.48. The van der Waals surface area contributed by atoms with Crippen molar-refractivity contribution < 1.29 is 9.90 Å². The van der Waals surface area contributed by atoms with E-state index in [2.05, 4.69) is 43.7 Å². The topological polar surface area (TPSA) is 62.6 Å². The highest BCUT2D eigenvalue weighted by Crippen LogP contribution is 2.35. The summed E-state index contributed by atoms with van der Waals surface area (Å²) in [6.45, 7) is 10.5. The van der Waals surface area contributed by atoms with Crippen molar-refractivity contribution in [2.24, 2.45) is 4.99 Å². The summed E-state index contributed by atoms with van der Waals surface area (Å²) in [7, 11) is 0. The minimum atomic E-state index is -0.0753. The van der Waals surface area contributed by atoms with Crippen LogP contribution >= 0.6 is 0 Å². The lowest BCUT2D eigenvalue weighted by Crippen LogP contribution is -1.98. The Morgan fingerprint density at radius 2 is 1.31 bits per heavy atom. The number of nitrogens with zero attached hydrogens (tertiary/aromatic N) is 2. The maximum absolute atomic E-state index is 10.2. The maximum Gasteiger partial charge on any atom is 0.235 e. The zero-order chi connectivity index (χ0) is 23.8. The van der Waals surface area contributed by atoms with E-state index in [1.54, 1.807) is 18.5 Å². The normalized spacial score (nSPS) is 12.5. The Balaban J connectivity index is 0.000000262. The van der Waals surface area contributed by atoms with E-state index >= 15 is 0 Å². The van der Waals surface area contributed by atoms with Crippen molar-refractivity contribution in [3.63, 3.8) is 0 Å². The van der Waals surface area contributed by atoms with E-state index in [4.69, 9.17) is 0 Å². The van der Waals surface area contributed by atoms with Gasteiger partial charge >= 0.3 is 0 Å². The molecule has 2 unspecified atom stereocenters. The van der Waals surface area contributed by atoms with Crippen molar-refractivity contribution in [2.45, 2.75) is 65.3 Å². The number of phenolic OH excluding ortho intramolecular Hbond substituents is 1. The van der Waals surface area contributed by atoms with E-state index in [1.165, 1.54) is 0 Å². The number of aromatic nitrogens is 1. The molecule has 0 radical (unpaired) electrons. The van der Waals surface area contributed by atoms with Crippen LogP contribution in [0, 0.1) is 0 Å². The zero-order valence-corrected chi connectivity index (χ0v) is 19.9. The first-order valence-corrected chi connectivity index (χ1v) is 11.2. The minimum absolute atomic E-state index is 0.0753. The predicted molar refractivity (Wildman–Crippen MR) is 133 cm³/mol. The van der Waals surface area contributed by atoms with Crippen molar-refractivity contribution in [1.82, 2.24) is 4.98 Å². The van der Waals surface area contributed by atoms with Gasteiger partial charge in [-0.3, -0.25) is 4.98 Å². The van der Waals surface area contributed by atoms with Gasteiger partial charge in [0, 0.05) is 12.4 Å². The zero-order valence-electron chi connectivity index (χ0n) is 19.9. The largest absolute Gasteiger partial charge is 0.507 e. The molecule has 0 saturated carbocycles. The summed E-state index contributed by atoms with van der Waals surface area (Å²) in [4.78, 5) is 17.3. The molecule has 0 spiro atoms. The summed E-state index contributed by atoms with van der Waals surface area (Å²) in [5.74, 6) is 1.39. The number of carbonyl (C=O) groups excluding carboxylic acids is 1. The van der Waals surface area contributed by atoms with Gasteiger partial charge in [0.15, 0.2) is 0 Å². The quantitative estimate of drug-likeness (QED) is 0.322. The Bertz CT molecular complexity index is 868. The van der Waals surface area contributed by atoms with Crippen LogP contribution in [0.1, 0.15) is 82.0 Å². The number of rotatable bonds is 6. The Labute approximate surface area is 193 Å². The lowest BCUT2D eigenvalue weighted by atomic mass is 9.90. The van der Waals surface area contributed by atoms with Gasteiger partial charge in [-0.2, -0.15) is 4.99 Å². The Kier molecular flexibility index (Phi) is 13.0. The number of aromatic hydroxyl groups is 1. The van der Waals surface area contributed by atoms with Gasteiger partial charge in [-0.25, -0.2) is 4.79 Å². The lowest BCUT2D eigenvalue weighted by molar-refractivity contribution is 0.449. The Morgan fingerprint density at radius 1 is 0.812 bits per heavy atom. The van der Waals surface area contributed by atoms with Gasteiger partial charge in [0.1, 0.15) is 5.75 Å². The number of isocyanates is 1. The summed E-state index contributed by atoms with van der Waals surface area (Å²) >= 11 is 0. The number of hydrogen-bond donors (Lipinski definition) is 1. The average molecular weight is 433 g/mol. The van der Waals surface area contributed by atoms with Crippen LogP contribution in [-0.2, 0) is 4.79 Å². The fraction of sp³-hybridized carbons (Fsp3) is 0.357. The summed E-state index contributed by atoms with van der Waals surface area (Å²) in [6.07, 6.45) is 7.17. The third kappa shape index (κ3) is 9.28. The molecule has 0 aliphatic heterocycles. The van der Waals surface area contributed by atoms with Gasteiger partial charge in [-0.05, 0) is 60.4 Å². The highest BCUT2D eigenvalue weighted by molar-refractivity contribution is 5.43. The third-order valence-electron chi connectivity index (χ3n) is 5.48. The molecule has 2 aromatic carbocycles. The molecule has 170 valence electrons. The molecule has 3 rings (SSSR count). The van der Waals surface area contributed by atoms with E-state index < -0.39 is 0 Å². The Hall–Kier alpha value is -3.23. The summed E-state index contributed by atoms with van der Waals surface area (Å²) in [6, 6.07) is 21.4. The van der Waals surface area contributed by atoms with Crippen LogP contribution in [0.5, 0.6) is 5.75 Å². The molecule has 0 aliphatic carbocycles. The molecule has 0 aliphatic rings. The molecule has 3 atom stereocenters. The molecule has 1 heterocycles. The van der Waals surface area contributed by atoms with E-state index in [-0.39, 0.29) is 6.04 Å². The fourth-order valence-corrected chi connectivity index (χ4v) is 3.01. The lowest BCUT2D eigenvalue weighted by Gasteiger charge is -2.17. The number of aliphatic imine (C=N–C) groups is 1. The predicted octanol–water partition coefficient (Wildman–Crippen LogP) is 7.58.